The molecule has 6 aromatic rings. The molecule has 6 aromatic carbocycles. The van der Waals surface area contributed by atoms with E-state index < -0.39 is 30.1 Å². The Bertz CT molecular complexity index is 3400. The number of hydrogen-bond donors (Lipinski definition) is 3. The second kappa shape index (κ2) is 32.3. The molecule has 20 heteroatoms. The number of benzene rings is 6. The fraction of sp³-hybridized carbons (Fsp3) is 0.403. The fourth-order valence-corrected chi connectivity index (χ4v) is 15.0. The van der Waals surface area contributed by atoms with Crippen molar-refractivity contribution in [1.82, 2.24) is 16.0 Å². The number of anilines is 3. The average molecular weight is 1250 g/mol. The Morgan fingerprint density at radius 2 is 0.829 bits per heavy atom. The largest absolute Gasteiger partial charge is 0.385 e. The summed E-state index contributed by atoms with van der Waals surface area (Å²) in [6, 6.07) is 40.8. The lowest BCUT2D eigenvalue weighted by Crippen LogP contribution is -2.26. The number of ether oxygens (including phenoxy) is 2. The predicted octanol–water partition coefficient (Wildman–Crippen LogP) is 11.7. The minimum absolute atomic E-state index is 0. The van der Waals surface area contributed by atoms with Crippen LogP contribution in [0.2, 0.25) is 0 Å². The lowest BCUT2D eigenvalue weighted by atomic mass is 9.96. The molecule has 3 aliphatic rings. The molecule has 16 nitrogen and oxygen atoms in total. The van der Waals surface area contributed by atoms with Crippen LogP contribution in [0.4, 0.5) is 17.1 Å². The smallest absolute Gasteiger partial charge is 0.373 e. The second-order valence-electron chi connectivity index (χ2n) is 19.6. The quantitative estimate of drug-likeness (QED) is 0.0687. The van der Waals surface area contributed by atoms with E-state index in [1.165, 1.54) is 45.0 Å². The van der Waals surface area contributed by atoms with Gasteiger partial charge in [0.15, 0.2) is 0 Å². The van der Waals surface area contributed by atoms with Crippen molar-refractivity contribution in [3.05, 3.63) is 177 Å². The van der Waals surface area contributed by atoms with E-state index in [9.17, 15) is 25.3 Å². The first-order chi connectivity index (χ1) is 38.4. The van der Waals surface area contributed by atoms with Crippen molar-refractivity contribution < 1.29 is 44.3 Å². The minimum Gasteiger partial charge on any atom is -0.385 e. The third kappa shape index (κ3) is 16.1. The van der Waals surface area contributed by atoms with Crippen molar-refractivity contribution in [2.45, 2.75) is 113 Å². The van der Waals surface area contributed by atoms with Crippen molar-refractivity contribution in [3.63, 3.8) is 0 Å². The Hall–Kier alpha value is -5.77. The highest BCUT2D eigenvalue weighted by Gasteiger charge is 2.37. The molecule has 0 spiro atoms. The molecular weight excluding hydrogens is 1160 g/mol. The lowest BCUT2D eigenvalue weighted by Gasteiger charge is -2.22. The zero-order valence-corrected chi connectivity index (χ0v) is 50.7. The summed E-state index contributed by atoms with van der Waals surface area (Å²) in [5.41, 5.74) is 8.36. The summed E-state index contributed by atoms with van der Waals surface area (Å²) < 4.78 is 93.9. The molecule has 0 bridgehead atoms. The Kier molecular flexibility index (Phi) is 27.1. The summed E-state index contributed by atoms with van der Waals surface area (Å²) in [6.07, 6.45) is 9.41. The predicted molar refractivity (Wildman–Crippen MR) is 332 cm³/mol. The van der Waals surface area contributed by atoms with E-state index in [1.807, 2.05) is 110 Å². The first-order valence-electron chi connectivity index (χ1n) is 26.8. The molecule has 82 heavy (non-hydrogen) atoms. The number of unbranched alkanes of at least 4 members (excludes halogenated alkanes) is 5. The maximum atomic E-state index is 13.2. The van der Waals surface area contributed by atoms with Crippen LogP contribution < -0.4 is 28.9 Å². The lowest BCUT2D eigenvalue weighted by molar-refractivity contribution is -0.191. The van der Waals surface area contributed by atoms with Gasteiger partial charge in [0.1, 0.15) is 0 Å². The van der Waals surface area contributed by atoms with Crippen LogP contribution >= 0.6 is 15.9 Å². The number of nitrogens with one attached hydrogen (secondary N) is 3. The zero-order valence-electron chi connectivity index (χ0n) is 46.7. The van der Waals surface area contributed by atoms with Crippen LogP contribution in [0, 0.1) is 6.92 Å². The molecule has 3 unspecified atom stereocenters. The SMILES string of the molecule is C.C.CCCCCCCCNC1c2ccccc2N(C)S(=O)(=O)c2ccccc21.COCCCNC1c2cc(Br)ccc2N(C)S(=O)(=O)c2cc(C)ccc21.COCCCNC1c2ccccc2N(C)S(=O)(=O)c2ccccc21.O=C=O. The molecule has 3 aliphatic heterocycles. The Morgan fingerprint density at radius 3 is 1.29 bits per heavy atom. The van der Waals surface area contributed by atoms with Crippen LogP contribution in [-0.4, -0.2) is 99.6 Å². The van der Waals surface area contributed by atoms with Crippen LogP contribution in [0.25, 0.3) is 0 Å². The van der Waals surface area contributed by atoms with Gasteiger partial charge < -0.3 is 25.4 Å². The van der Waals surface area contributed by atoms with Crippen LogP contribution in [0.5, 0.6) is 0 Å². The third-order valence-electron chi connectivity index (χ3n) is 14.3. The molecule has 0 aliphatic carbocycles. The van der Waals surface area contributed by atoms with Crippen molar-refractivity contribution in [2.75, 3.05) is 81.1 Å². The number of para-hydroxylation sites is 2. The van der Waals surface area contributed by atoms with Gasteiger partial charge in [-0.05, 0) is 133 Å². The third-order valence-corrected chi connectivity index (χ3v) is 20.3. The number of methoxy groups -OCH3 is 2. The monoisotopic (exact) mass is 1250 g/mol. The normalized spacial score (nSPS) is 17.2. The van der Waals surface area contributed by atoms with Gasteiger partial charge in [-0.15, -0.1) is 0 Å². The molecular formula is C62H83BrN6O10S3. The van der Waals surface area contributed by atoms with Crippen molar-refractivity contribution >= 4 is 69.2 Å². The average Bonchev–Trinajstić information content (AvgIpc) is 3.63. The highest BCUT2D eigenvalue weighted by Crippen LogP contribution is 2.43. The van der Waals surface area contributed by atoms with E-state index in [0.717, 1.165) is 88.0 Å². The molecule has 9 rings (SSSR count). The molecule has 0 saturated heterocycles. The summed E-state index contributed by atoms with van der Waals surface area (Å²) in [4.78, 5) is 17.4. The second-order valence-corrected chi connectivity index (χ2v) is 26.3. The summed E-state index contributed by atoms with van der Waals surface area (Å²) in [5.74, 6) is 0. The van der Waals surface area contributed by atoms with Gasteiger partial charge in [-0.1, -0.05) is 155 Å². The van der Waals surface area contributed by atoms with Crippen molar-refractivity contribution in [2.24, 2.45) is 0 Å². The van der Waals surface area contributed by atoms with Gasteiger partial charge in [-0.25, -0.2) is 25.3 Å². The van der Waals surface area contributed by atoms with Gasteiger partial charge in [0.2, 0.25) is 0 Å². The highest BCUT2D eigenvalue weighted by molar-refractivity contribution is 9.10. The van der Waals surface area contributed by atoms with E-state index in [-0.39, 0.29) is 39.1 Å². The molecule has 0 radical (unpaired) electrons. The maximum absolute atomic E-state index is 13.2. The zero-order chi connectivity index (χ0) is 58.0. The fourth-order valence-electron chi connectivity index (χ4n) is 10.2. The van der Waals surface area contributed by atoms with E-state index in [1.54, 1.807) is 65.7 Å². The highest BCUT2D eigenvalue weighted by atomic mass is 79.9. The number of aryl methyl sites for hydroxylation is 1. The standard InChI is InChI=1S/C22H30N2O2S.C19H23BrN2O3S.C18H22N2O3S.CO2.2CH4/c1-3-4-5-6-7-12-17-23-22-18-13-8-10-15-20(18)24(2)27(25,26)21-16-11-9-14-19(21)22;1-13-5-7-15-18(11-13)26(23,24)22(2)17-8-6-14(20)12-16(17)19(15)21-9-4-10-25-3;1-20-16-10-5-3-8-14(16)18(19-12-7-13-23-2)15-9-4-6-11-17(15)24(20,21)22;2-1-3;;/h8-11,13-16,22-23H,3-7,12,17H2,1-2H3;5-8,11-12,19,21H,4,9-10H2,1-3H3;3-6,8-11,18-19H,7,12-13H2,1-2H3;;2*1H4. The molecule has 3 heterocycles. The summed E-state index contributed by atoms with van der Waals surface area (Å²) >= 11 is 3.52. The van der Waals surface area contributed by atoms with Gasteiger partial charge in [0, 0.05) is 53.0 Å². The molecule has 0 saturated carbocycles. The first-order valence-corrected chi connectivity index (χ1v) is 31.9. The van der Waals surface area contributed by atoms with Gasteiger partial charge in [-0.2, -0.15) is 9.59 Å². The molecule has 446 valence electrons. The van der Waals surface area contributed by atoms with E-state index in [2.05, 4.69) is 38.8 Å². The number of rotatable bonds is 18. The maximum Gasteiger partial charge on any atom is 0.373 e. The summed E-state index contributed by atoms with van der Waals surface area (Å²) in [7, 11) is -2.53. The van der Waals surface area contributed by atoms with Crippen LogP contribution in [0.15, 0.2) is 153 Å². The van der Waals surface area contributed by atoms with Gasteiger partial charge in [-0.3, -0.25) is 12.9 Å². The summed E-state index contributed by atoms with van der Waals surface area (Å²) in [6.45, 7) is 7.81. The Labute approximate surface area is 497 Å². The first kappa shape index (κ1) is 68.7. The van der Waals surface area contributed by atoms with Gasteiger partial charge in [0.05, 0.1) is 49.9 Å². The molecule has 0 fully saturated rings. The minimum atomic E-state index is -3.62. The number of halogens is 1. The van der Waals surface area contributed by atoms with Crippen molar-refractivity contribution in [3.8, 4) is 0 Å². The molecule has 3 atom stereocenters. The van der Waals surface area contributed by atoms with E-state index in [4.69, 9.17) is 19.1 Å². The Morgan fingerprint density at radius 1 is 0.463 bits per heavy atom. The molecule has 0 aromatic heterocycles. The number of fused-ring (bicyclic) bond motifs is 6. The van der Waals surface area contributed by atoms with Crippen LogP contribution in [0.1, 0.15) is 130 Å². The van der Waals surface area contributed by atoms with Gasteiger partial charge in [0.25, 0.3) is 30.1 Å². The van der Waals surface area contributed by atoms with E-state index in [0.29, 0.717) is 39.3 Å². The van der Waals surface area contributed by atoms with Gasteiger partial charge >= 0.3 is 6.15 Å². The summed E-state index contributed by atoms with van der Waals surface area (Å²) in [5, 5.41) is 10.7. The number of carbonyl (C=O) groups excluding carboxylic acids is 2. The molecule has 3 N–H and O–H groups in total. The molecule has 0 amide bonds. The van der Waals surface area contributed by atoms with Crippen molar-refractivity contribution in [1.29, 1.82) is 0 Å². The Balaban J connectivity index is 0.000000255. The van der Waals surface area contributed by atoms with Crippen LogP contribution in [-0.2, 0) is 49.1 Å². The number of hydrogen-bond acceptors (Lipinski definition) is 13. The number of sulfonamides is 3. The number of nitrogens with zero attached hydrogens (tertiary/aromatic N) is 3. The topological polar surface area (TPSA) is 201 Å². The van der Waals surface area contributed by atoms with Crippen LogP contribution in [0.3, 0.4) is 0 Å². The van der Waals surface area contributed by atoms with E-state index >= 15 is 0 Å².